The van der Waals surface area contributed by atoms with Crippen LogP contribution >= 0.6 is 11.6 Å². The van der Waals surface area contributed by atoms with Gasteiger partial charge in [0.1, 0.15) is 25.0 Å². The molecule has 0 aromatic carbocycles. The van der Waals surface area contributed by atoms with Gasteiger partial charge in [0.2, 0.25) is 11.8 Å². The first kappa shape index (κ1) is 32.9. The van der Waals surface area contributed by atoms with E-state index in [1.807, 2.05) is 13.0 Å². The van der Waals surface area contributed by atoms with Crippen molar-refractivity contribution in [2.45, 2.75) is 51.6 Å². The molecule has 6 heterocycles. The minimum absolute atomic E-state index is 0.262. The van der Waals surface area contributed by atoms with E-state index in [0.29, 0.717) is 39.6 Å². The van der Waals surface area contributed by atoms with Crippen LogP contribution < -0.4 is 5.32 Å². The van der Waals surface area contributed by atoms with Crippen LogP contribution in [0.15, 0.2) is 42.9 Å². The van der Waals surface area contributed by atoms with Gasteiger partial charge in [0, 0.05) is 47.6 Å². The summed E-state index contributed by atoms with van der Waals surface area (Å²) in [6.45, 7) is 2.04. The quantitative estimate of drug-likeness (QED) is 0.176. The summed E-state index contributed by atoms with van der Waals surface area (Å²) in [6.07, 6.45) is -0.812. The molecule has 11 nitrogen and oxygen atoms in total. The molecular formula is C31H26ClF5N8O3. The van der Waals surface area contributed by atoms with Crippen LogP contribution in [0.1, 0.15) is 40.8 Å². The van der Waals surface area contributed by atoms with Crippen molar-refractivity contribution in [3.63, 3.8) is 0 Å². The van der Waals surface area contributed by atoms with Crippen molar-refractivity contribution < 1.29 is 36.3 Å². The zero-order valence-corrected chi connectivity index (χ0v) is 26.3. The Morgan fingerprint density at radius 2 is 1.88 bits per heavy atom. The number of hydrogen-bond acceptors (Lipinski definition) is 7. The predicted octanol–water partition coefficient (Wildman–Crippen LogP) is 5.55. The van der Waals surface area contributed by atoms with Gasteiger partial charge in [-0.05, 0) is 39.0 Å². The lowest BCUT2D eigenvalue weighted by Gasteiger charge is -2.24. The highest BCUT2D eigenvalue weighted by Gasteiger charge is 2.50. The number of hydrogen-bond donors (Lipinski definition) is 1. The van der Waals surface area contributed by atoms with E-state index >= 15 is 4.39 Å². The Morgan fingerprint density at radius 3 is 2.56 bits per heavy atom. The van der Waals surface area contributed by atoms with E-state index in [1.165, 1.54) is 17.7 Å². The first-order chi connectivity index (χ1) is 22.6. The standard InChI is InChI=1S/C31H26ClF5N8O3/c1-15-6-25-38-9-18(10-45(25)42-15)22-7-19-20(17(3)46)11-43(27(19)16(2)39-22)12-26(47)44-14-30(34,13-33)8-23(44)29(48)41-28-21(32)4-5-24(40-28)31(35,36)37/h4-7,9-11,23H,8,12-14H2,1-3H3,(H,40,41,48)/t23-,30-/m0/s1. The fourth-order valence-corrected chi connectivity index (χ4v) is 6.01. The second-order valence-electron chi connectivity index (χ2n) is 11.7. The topological polar surface area (TPSA) is 127 Å². The number of fused-ring (bicyclic) bond motifs is 2. The second kappa shape index (κ2) is 11.9. The highest BCUT2D eigenvalue weighted by molar-refractivity contribution is 6.33. The van der Waals surface area contributed by atoms with Crippen molar-refractivity contribution in [1.82, 2.24) is 34.0 Å². The largest absolute Gasteiger partial charge is 0.433 e. The van der Waals surface area contributed by atoms with Gasteiger partial charge in [0.05, 0.1) is 34.2 Å². The number of aromatic nitrogens is 6. The van der Waals surface area contributed by atoms with E-state index in [-0.39, 0.29) is 16.4 Å². The Balaban J connectivity index is 1.32. The number of pyridine rings is 2. The van der Waals surface area contributed by atoms with Gasteiger partial charge >= 0.3 is 6.18 Å². The van der Waals surface area contributed by atoms with Gasteiger partial charge in [-0.25, -0.2) is 23.3 Å². The smallest absolute Gasteiger partial charge is 0.336 e. The number of likely N-dealkylation sites (tertiary alicyclic amines) is 1. The van der Waals surface area contributed by atoms with Crippen molar-refractivity contribution in [3.05, 3.63) is 70.5 Å². The maximum Gasteiger partial charge on any atom is 0.433 e. The van der Waals surface area contributed by atoms with Crippen LogP contribution in [-0.2, 0) is 22.3 Å². The third kappa shape index (κ3) is 6.07. The lowest BCUT2D eigenvalue weighted by Crippen LogP contribution is -2.45. The molecule has 5 aromatic heterocycles. The fraction of sp³-hybridized carbons (Fsp3) is 0.323. The molecule has 2 atom stereocenters. The monoisotopic (exact) mass is 688 g/mol. The molecule has 1 aliphatic heterocycles. The Labute approximate surface area is 273 Å². The van der Waals surface area contributed by atoms with Crippen molar-refractivity contribution >= 4 is 51.6 Å². The van der Waals surface area contributed by atoms with Crippen molar-refractivity contribution in [3.8, 4) is 11.3 Å². The summed E-state index contributed by atoms with van der Waals surface area (Å²) in [4.78, 5) is 52.9. The number of halogens is 6. The van der Waals surface area contributed by atoms with Gasteiger partial charge in [-0.2, -0.15) is 18.3 Å². The minimum Gasteiger partial charge on any atom is -0.336 e. The zero-order chi connectivity index (χ0) is 34.7. The van der Waals surface area contributed by atoms with E-state index in [4.69, 9.17) is 11.6 Å². The molecule has 48 heavy (non-hydrogen) atoms. The van der Waals surface area contributed by atoms with Crippen LogP contribution in [0, 0.1) is 13.8 Å². The Hall–Kier alpha value is -4.99. The highest BCUT2D eigenvalue weighted by Crippen LogP contribution is 2.35. The van der Waals surface area contributed by atoms with Gasteiger partial charge in [-0.3, -0.25) is 19.4 Å². The summed E-state index contributed by atoms with van der Waals surface area (Å²) in [5.41, 5.74) is -0.327. The van der Waals surface area contributed by atoms with Gasteiger partial charge in [0.15, 0.2) is 22.9 Å². The third-order valence-corrected chi connectivity index (χ3v) is 8.38. The number of Topliss-reactive ketones (excluding diaryl/α,β-unsaturated/α-hetero) is 1. The van der Waals surface area contributed by atoms with Crippen LogP contribution in [-0.4, -0.2) is 76.6 Å². The molecule has 0 bridgehead atoms. The van der Waals surface area contributed by atoms with Crippen LogP contribution in [0.5, 0.6) is 0 Å². The summed E-state index contributed by atoms with van der Waals surface area (Å²) in [5.74, 6) is -2.89. The minimum atomic E-state index is -4.85. The number of nitrogens with one attached hydrogen (secondary N) is 1. The van der Waals surface area contributed by atoms with E-state index < -0.39 is 67.4 Å². The molecule has 0 aliphatic carbocycles. The molecule has 17 heteroatoms. The normalized spacial score (nSPS) is 18.2. The van der Waals surface area contributed by atoms with E-state index in [9.17, 15) is 31.9 Å². The molecule has 1 saturated heterocycles. The number of nitrogens with zero attached hydrogens (tertiary/aromatic N) is 7. The van der Waals surface area contributed by atoms with Gasteiger partial charge in [-0.1, -0.05) is 11.6 Å². The first-order valence-electron chi connectivity index (χ1n) is 14.5. The van der Waals surface area contributed by atoms with Crippen LogP contribution in [0.25, 0.3) is 27.8 Å². The molecule has 1 N–H and O–H groups in total. The Kier molecular flexibility index (Phi) is 8.17. The molecule has 6 rings (SSSR count). The van der Waals surface area contributed by atoms with Crippen molar-refractivity contribution in [2.75, 3.05) is 18.5 Å². The lowest BCUT2D eigenvalue weighted by atomic mass is 10.0. The van der Waals surface area contributed by atoms with E-state index in [1.54, 1.807) is 29.9 Å². The molecule has 5 aromatic rings. The molecule has 0 saturated carbocycles. The predicted molar refractivity (Wildman–Crippen MR) is 164 cm³/mol. The SMILES string of the molecule is CC(=O)c1cn(CC(=O)N2C[C@@](F)(CF)C[C@H]2C(=O)Nc2nc(C(F)(F)F)ccc2Cl)c2c(C)nc(-c3cnc4cc(C)nn4c3)cc12. The van der Waals surface area contributed by atoms with Gasteiger partial charge < -0.3 is 14.8 Å². The lowest BCUT2D eigenvalue weighted by molar-refractivity contribution is -0.141. The molecule has 2 amide bonds. The Bertz CT molecular complexity index is 2130. The number of anilines is 1. The average Bonchev–Trinajstić information content (AvgIpc) is 3.70. The van der Waals surface area contributed by atoms with Gasteiger partial charge in [-0.15, -0.1) is 0 Å². The summed E-state index contributed by atoms with van der Waals surface area (Å²) in [6, 6.07) is 3.37. The summed E-state index contributed by atoms with van der Waals surface area (Å²) in [5, 5.41) is 6.64. The summed E-state index contributed by atoms with van der Waals surface area (Å²) in [7, 11) is 0. The van der Waals surface area contributed by atoms with Gasteiger partial charge in [0.25, 0.3) is 0 Å². The zero-order valence-electron chi connectivity index (χ0n) is 25.6. The third-order valence-electron chi connectivity index (χ3n) is 8.08. The number of carbonyl (C=O) groups is 3. The van der Waals surface area contributed by atoms with Crippen LogP contribution in [0.2, 0.25) is 5.02 Å². The number of ketones is 1. The molecule has 1 aliphatic rings. The highest BCUT2D eigenvalue weighted by atomic mass is 35.5. The number of amides is 2. The number of rotatable bonds is 7. The van der Waals surface area contributed by atoms with E-state index in [2.05, 4.69) is 25.4 Å². The second-order valence-corrected chi connectivity index (χ2v) is 12.1. The molecule has 1 fully saturated rings. The van der Waals surface area contributed by atoms with E-state index in [0.717, 1.165) is 16.7 Å². The average molecular weight is 689 g/mol. The van der Waals surface area contributed by atoms with Crippen LogP contribution in [0.4, 0.5) is 27.8 Å². The number of alkyl halides is 5. The first-order valence-corrected chi connectivity index (χ1v) is 14.9. The number of aryl methyl sites for hydroxylation is 2. The molecular weight excluding hydrogens is 663 g/mol. The Morgan fingerprint density at radius 1 is 1.12 bits per heavy atom. The summed E-state index contributed by atoms with van der Waals surface area (Å²) >= 11 is 5.96. The van der Waals surface area contributed by atoms with Crippen molar-refractivity contribution in [2.24, 2.45) is 0 Å². The number of carbonyl (C=O) groups excluding carboxylic acids is 3. The molecule has 0 spiro atoms. The van der Waals surface area contributed by atoms with Crippen molar-refractivity contribution in [1.29, 1.82) is 0 Å². The summed E-state index contributed by atoms with van der Waals surface area (Å²) < 4.78 is 71.9. The fourth-order valence-electron chi connectivity index (χ4n) is 5.86. The molecule has 250 valence electrons. The molecule has 0 unspecified atom stereocenters. The molecule has 0 radical (unpaired) electrons. The maximum absolute atomic E-state index is 15.4. The van der Waals surface area contributed by atoms with Crippen LogP contribution in [0.3, 0.4) is 0 Å². The maximum atomic E-state index is 15.4.